The number of hydroxylamine groups is 3. The van der Waals surface area contributed by atoms with E-state index in [-0.39, 0.29) is 0 Å². The highest BCUT2D eigenvalue weighted by Gasteiger charge is 2.31. The van der Waals surface area contributed by atoms with E-state index in [4.69, 9.17) is 4.84 Å². The van der Waals surface area contributed by atoms with Crippen molar-refractivity contribution < 1.29 is 9.48 Å². The molecule has 1 N–H and O–H groups in total. The Bertz CT molecular complexity index is 411. The highest BCUT2D eigenvalue weighted by molar-refractivity contribution is 5.41. The first-order chi connectivity index (χ1) is 8.27. The van der Waals surface area contributed by atoms with Gasteiger partial charge >= 0.3 is 0 Å². The Hall–Kier alpha value is -1.06. The van der Waals surface area contributed by atoms with E-state index in [9.17, 15) is 0 Å². The van der Waals surface area contributed by atoms with Crippen LogP contribution in [0.5, 0.6) is 5.75 Å². The normalized spacial score (nSPS) is 22.2. The van der Waals surface area contributed by atoms with E-state index in [2.05, 4.69) is 30.6 Å². The molecule has 2 aliphatic rings. The van der Waals surface area contributed by atoms with Gasteiger partial charge in [0, 0.05) is 24.9 Å². The second kappa shape index (κ2) is 4.31. The summed E-state index contributed by atoms with van der Waals surface area (Å²) < 4.78 is 0.754. The number of hydrogen-bond donors (Lipinski definition) is 1. The van der Waals surface area contributed by atoms with Crippen molar-refractivity contribution in [2.45, 2.75) is 25.8 Å². The van der Waals surface area contributed by atoms with Gasteiger partial charge in [-0.05, 0) is 24.6 Å². The Kier molecular flexibility index (Phi) is 2.81. The van der Waals surface area contributed by atoms with Crippen molar-refractivity contribution in [2.75, 3.05) is 26.7 Å². The van der Waals surface area contributed by atoms with Crippen LogP contribution in [0.4, 0.5) is 0 Å². The lowest BCUT2D eigenvalue weighted by atomic mass is 10.0. The molecule has 0 aromatic heterocycles. The quantitative estimate of drug-likeness (QED) is 0.787. The zero-order chi connectivity index (χ0) is 11.7. The van der Waals surface area contributed by atoms with E-state index in [0.29, 0.717) is 0 Å². The fraction of sp³-hybridized carbons (Fsp3) is 0.571. The number of nitrogens with zero attached hydrogens (tertiary/aromatic N) is 1. The smallest absolute Gasteiger partial charge is 0.193 e. The van der Waals surface area contributed by atoms with Gasteiger partial charge in [-0.25, -0.2) is 0 Å². The summed E-state index contributed by atoms with van der Waals surface area (Å²) in [5.74, 6) is 1.10. The fourth-order valence-electron chi connectivity index (χ4n) is 2.92. The highest BCUT2D eigenvalue weighted by Crippen LogP contribution is 2.29. The molecule has 1 aromatic rings. The Morgan fingerprint density at radius 3 is 2.88 bits per heavy atom. The lowest BCUT2D eigenvalue weighted by molar-refractivity contribution is -1.05. The Balaban J connectivity index is 1.87. The van der Waals surface area contributed by atoms with E-state index >= 15 is 0 Å². The summed E-state index contributed by atoms with van der Waals surface area (Å²) in [5, 5.41) is 3.41. The molecule has 1 aromatic carbocycles. The molecule has 3 nitrogen and oxygen atoms in total. The minimum atomic E-state index is 0.754. The third kappa shape index (κ3) is 2.17. The zero-order valence-electron chi connectivity index (χ0n) is 10.5. The van der Waals surface area contributed by atoms with Crippen molar-refractivity contribution in [1.82, 2.24) is 5.32 Å². The topological polar surface area (TPSA) is 21.3 Å². The molecule has 0 aliphatic carbocycles. The molecular formula is C14H21N2O+. The summed E-state index contributed by atoms with van der Waals surface area (Å²) in [6.07, 6.45) is 3.66. The number of likely N-dealkylation sites (tertiary alicyclic amines) is 1. The maximum absolute atomic E-state index is 6.27. The van der Waals surface area contributed by atoms with Crippen LogP contribution in [-0.2, 0) is 13.0 Å². The number of hydrogen-bond acceptors (Lipinski definition) is 2. The van der Waals surface area contributed by atoms with Gasteiger partial charge in [0.05, 0.1) is 0 Å². The molecule has 0 saturated carbocycles. The molecule has 17 heavy (non-hydrogen) atoms. The molecule has 0 spiro atoms. The molecule has 0 unspecified atom stereocenters. The molecule has 0 bridgehead atoms. The van der Waals surface area contributed by atoms with Crippen molar-refractivity contribution in [1.29, 1.82) is 0 Å². The van der Waals surface area contributed by atoms with E-state index in [1.165, 1.54) is 24.0 Å². The van der Waals surface area contributed by atoms with Gasteiger partial charge in [0.2, 0.25) is 0 Å². The Labute approximate surface area is 103 Å². The van der Waals surface area contributed by atoms with Crippen LogP contribution in [0.25, 0.3) is 0 Å². The van der Waals surface area contributed by atoms with E-state index in [1.807, 2.05) is 0 Å². The van der Waals surface area contributed by atoms with Crippen LogP contribution in [0.15, 0.2) is 18.2 Å². The van der Waals surface area contributed by atoms with Crippen LogP contribution in [0.2, 0.25) is 0 Å². The summed E-state index contributed by atoms with van der Waals surface area (Å²) in [7, 11) is 2.20. The first kappa shape index (κ1) is 11.1. The molecule has 3 rings (SSSR count). The van der Waals surface area contributed by atoms with Crippen molar-refractivity contribution in [2.24, 2.45) is 0 Å². The monoisotopic (exact) mass is 233 g/mol. The number of fused-ring (bicyclic) bond motifs is 1. The van der Waals surface area contributed by atoms with Crippen LogP contribution >= 0.6 is 0 Å². The van der Waals surface area contributed by atoms with Crippen molar-refractivity contribution in [3.8, 4) is 5.75 Å². The van der Waals surface area contributed by atoms with Crippen molar-refractivity contribution in [3.05, 3.63) is 29.3 Å². The Morgan fingerprint density at radius 2 is 2.06 bits per heavy atom. The summed E-state index contributed by atoms with van der Waals surface area (Å²) >= 11 is 0. The number of rotatable bonds is 2. The average molecular weight is 233 g/mol. The molecular weight excluding hydrogens is 212 g/mol. The summed E-state index contributed by atoms with van der Waals surface area (Å²) in [5.41, 5.74) is 2.82. The van der Waals surface area contributed by atoms with Crippen molar-refractivity contribution >= 4 is 0 Å². The third-order valence-electron chi connectivity index (χ3n) is 3.93. The van der Waals surface area contributed by atoms with Gasteiger partial charge in [0.25, 0.3) is 0 Å². The second-order valence-corrected chi connectivity index (χ2v) is 5.36. The molecule has 2 heterocycles. The minimum Gasteiger partial charge on any atom is -0.315 e. The minimum absolute atomic E-state index is 0.754. The molecule has 3 heteroatoms. The number of nitrogens with one attached hydrogen (secondary N) is 1. The fourth-order valence-corrected chi connectivity index (χ4v) is 2.92. The van der Waals surface area contributed by atoms with Crippen LogP contribution in [0.3, 0.4) is 0 Å². The molecule has 92 valence electrons. The standard InChI is InChI=1S/C14H21N2O/c1-16(9-2-3-10-16)17-14-6-4-5-12-11-15-8-7-13(12)14/h4-6,15H,2-3,7-11H2,1H3/q+1. The molecule has 2 aliphatic heterocycles. The van der Waals surface area contributed by atoms with E-state index in [0.717, 1.165) is 43.0 Å². The molecule has 1 fully saturated rings. The summed E-state index contributed by atoms with van der Waals surface area (Å²) in [6.45, 7) is 4.33. The zero-order valence-corrected chi connectivity index (χ0v) is 10.5. The first-order valence-corrected chi connectivity index (χ1v) is 6.62. The van der Waals surface area contributed by atoms with E-state index < -0.39 is 0 Å². The first-order valence-electron chi connectivity index (χ1n) is 6.62. The van der Waals surface area contributed by atoms with Crippen LogP contribution in [0, 0.1) is 0 Å². The maximum Gasteiger partial charge on any atom is 0.193 e. The summed E-state index contributed by atoms with van der Waals surface area (Å²) in [6, 6.07) is 6.45. The van der Waals surface area contributed by atoms with Gasteiger partial charge < -0.3 is 10.2 Å². The largest absolute Gasteiger partial charge is 0.315 e. The highest BCUT2D eigenvalue weighted by atomic mass is 16.7. The predicted octanol–water partition coefficient (Wildman–Crippen LogP) is 1.87. The Morgan fingerprint density at radius 1 is 1.24 bits per heavy atom. The van der Waals surface area contributed by atoms with Crippen LogP contribution < -0.4 is 10.2 Å². The molecule has 1 saturated heterocycles. The van der Waals surface area contributed by atoms with Gasteiger partial charge in [0.1, 0.15) is 20.1 Å². The van der Waals surface area contributed by atoms with Gasteiger partial charge in [-0.1, -0.05) is 12.1 Å². The van der Waals surface area contributed by atoms with Crippen LogP contribution in [0.1, 0.15) is 24.0 Å². The van der Waals surface area contributed by atoms with Crippen molar-refractivity contribution in [3.63, 3.8) is 0 Å². The second-order valence-electron chi connectivity index (χ2n) is 5.36. The van der Waals surface area contributed by atoms with E-state index in [1.54, 1.807) is 0 Å². The average Bonchev–Trinajstić information content (AvgIpc) is 2.76. The number of benzene rings is 1. The number of quaternary nitrogens is 1. The predicted molar refractivity (Wildman–Crippen MR) is 67.6 cm³/mol. The molecule has 0 radical (unpaired) electrons. The molecule has 0 atom stereocenters. The van der Waals surface area contributed by atoms with Crippen LogP contribution in [-0.4, -0.2) is 31.3 Å². The van der Waals surface area contributed by atoms with Gasteiger partial charge in [-0.15, -0.1) is 4.65 Å². The molecule has 0 amide bonds. The van der Waals surface area contributed by atoms with Gasteiger partial charge in [0.15, 0.2) is 5.75 Å². The lowest BCUT2D eigenvalue weighted by Crippen LogP contribution is -2.44. The maximum atomic E-state index is 6.27. The van der Waals surface area contributed by atoms with Gasteiger partial charge in [-0.2, -0.15) is 0 Å². The lowest BCUT2D eigenvalue weighted by Gasteiger charge is -2.29. The SMILES string of the molecule is C[N+]1(Oc2cccc3c2CCNC3)CCCC1. The summed E-state index contributed by atoms with van der Waals surface area (Å²) in [4.78, 5) is 6.27. The third-order valence-corrected chi connectivity index (χ3v) is 3.93. The van der Waals surface area contributed by atoms with Gasteiger partial charge in [-0.3, -0.25) is 0 Å².